The largest absolute Gasteiger partial charge is 0.435 e. The van der Waals surface area contributed by atoms with E-state index in [0.29, 0.717) is 23.3 Å². The van der Waals surface area contributed by atoms with Crippen molar-refractivity contribution in [1.29, 1.82) is 0 Å². The molecule has 0 bridgehead atoms. The summed E-state index contributed by atoms with van der Waals surface area (Å²) in [5.74, 6) is 0.0540. The lowest BCUT2D eigenvalue weighted by molar-refractivity contribution is -0.129. The number of nitrogens with two attached hydrogens (primary N) is 1. The number of alkyl halides is 2. The highest BCUT2D eigenvalue weighted by molar-refractivity contribution is 6.09. The van der Waals surface area contributed by atoms with E-state index in [0.717, 1.165) is 18.4 Å². The van der Waals surface area contributed by atoms with Gasteiger partial charge in [0.1, 0.15) is 5.75 Å². The first-order valence-electron chi connectivity index (χ1n) is 9.68. The zero-order valence-corrected chi connectivity index (χ0v) is 16.8. The zero-order valence-electron chi connectivity index (χ0n) is 16.8. The maximum atomic E-state index is 13.4. The van der Waals surface area contributed by atoms with Gasteiger partial charge in [0, 0.05) is 14.2 Å². The summed E-state index contributed by atoms with van der Waals surface area (Å²) in [6.07, 6.45) is 1.78. The minimum absolute atomic E-state index is 0.0954. The first-order valence-corrected chi connectivity index (χ1v) is 9.68. The third kappa shape index (κ3) is 3.41. The van der Waals surface area contributed by atoms with E-state index >= 15 is 0 Å². The van der Waals surface area contributed by atoms with E-state index in [2.05, 4.69) is 4.99 Å². The van der Waals surface area contributed by atoms with Gasteiger partial charge in [-0.3, -0.25) is 9.69 Å². The lowest BCUT2D eigenvalue weighted by Gasteiger charge is -2.27. The maximum absolute atomic E-state index is 13.4. The van der Waals surface area contributed by atoms with Crippen molar-refractivity contribution in [2.24, 2.45) is 10.7 Å². The molecule has 2 N–H and O–H groups in total. The number of aliphatic imine (C=N–C) groups is 1. The molecule has 1 amide bonds. The van der Waals surface area contributed by atoms with Gasteiger partial charge in [-0.1, -0.05) is 30.3 Å². The number of carbonyl (C=O) groups excluding carboxylic acids is 1. The Hall–Kier alpha value is -3.00. The van der Waals surface area contributed by atoms with Crippen molar-refractivity contribution < 1.29 is 23.0 Å². The summed E-state index contributed by atoms with van der Waals surface area (Å²) < 4.78 is 35.7. The molecule has 30 heavy (non-hydrogen) atoms. The highest BCUT2D eigenvalue weighted by Crippen LogP contribution is 2.48. The monoisotopic (exact) mass is 415 g/mol. The second-order valence-corrected chi connectivity index (χ2v) is 7.58. The first kappa shape index (κ1) is 20.3. The molecule has 0 unspecified atom stereocenters. The molecule has 2 aromatic carbocycles. The number of carbonyl (C=O) groups is 1. The highest BCUT2D eigenvalue weighted by atomic mass is 19.3. The molecule has 1 aliphatic heterocycles. The lowest BCUT2D eigenvalue weighted by atomic mass is 9.81. The predicted molar refractivity (Wildman–Crippen MR) is 107 cm³/mol. The summed E-state index contributed by atoms with van der Waals surface area (Å²) in [5.41, 5.74) is 7.38. The van der Waals surface area contributed by atoms with Crippen LogP contribution in [0.4, 0.5) is 8.78 Å². The minimum atomic E-state index is -2.92. The molecule has 1 aliphatic carbocycles. The normalized spacial score (nSPS) is 21.3. The summed E-state index contributed by atoms with van der Waals surface area (Å²) >= 11 is 0. The van der Waals surface area contributed by atoms with Crippen LogP contribution in [0.1, 0.15) is 41.0 Å². The SMILES string of the molecule is COCc1cccc([C@]2(c3ccc(OC(F)F)c(C4CC4)c3)N=C(N)N(C)C2=O)c1. The van der Waals surface area contributed by atoms with Crippen LogP contribution in [-0.4, -0.2) is 37.5 Å². The molecule has 0 aromatic heterocycles. The Kier molecular flexibility index (Phi) is 5.19. The Morgan fingerprint density at radius 2 is 1.97 bits per heavy atom. The smallest absolute Gasteiger partial charge is 0.387 e. The summed E-state index contributed by atoms with van der Waals surface area (Å²) in [7, 11) is 3.16. The molecule has 6 nitrogen and oxygen atoms in total. The van der Waals surface area contributed by atoms with E-state index < -0.39 is 12.2 Å². The van der Waals surface area contributed by atoms with Gasteiger partial charge in [0.25, 0.3) is 5.91 Å². The molecule has 1 saturated carbocycles. The van der Waals surface area contributed by atoms with E-state index in [9.17, 15) is 13.6 Å². The molecule has 158 valence electrons. The van der Waals surface area contributed by atoms with Crippen LogP contribution in [0.3, 0.4) is 0 Å². The fraction of sp³-hybridized carbons (Fsp3) is 0.364. The van der Waals surface area contributed by atoms with Crippen LogP contribution in [0.25, 0.3) is 0 Å². The molecule has 1 heterocycles. The van der Waals surface area contributed by atoms with Crippen LogP contribution in [-0.2, 0) is 21.7 Å². The fourth-order valence-electron chi connectivity index (χ4n) is 3.93. The average molecular weight is 415 g/mol. The van der Waals surface area contributed by atoms with Crippen LogP contribution in [0, 0.1) is 0 Å². The standard InChI is InChI=1S/C22H23F2N3O3/c1-27-19(28)22(26-21(27)25,15-5-3-4-13(10-15)12-29-2)16-8-9-18(30-20(23)24)17(11-16)14-6-7-14/h3-5,8-11,14,20H,6-7,12H2,1-2H3,(H2,25,26)/t22-/m1/s1. The van der Waals surface area contributed by atoms with Gasteiger partial charge in [-0.05, 0) is 53.1 Å². The van der Waals surface area contributed by atoms with Crippen LogP contribution in [0.5, 0.6) is 5.75 Å². The molecule has 0 spiro atoms. The molecule has 1 atom stereocenters. The number of hydrogen-bond acceptors (Lipinski definition) is 5. The van der Waals surface area contributed by atoms with E-state index in [1.807, 2.05) is 24.3 Å². The number of amides is 1. The molecular weight excluding hydrogens is 392 g/mol. The molecule has 8 heteroatoms. The molecule has 0 saturated heterocycles. The van der Waals surface area contributed by atoms with Crippen molar-refractivity contribution in [2.75, 3.05) is 14.2 Å². The van der Waals surface area contributed by atoms with E-state index in [4.69, 9.17) is 15.2 Å². The van der Waals surface area contributed by atoms with Gasteiger partial charge < -0.3 is 15.2 Å². The molecular formula is C22H23F2N3O3. The van der Waals surface area contributed by atoms with Gasteiger partial charge in [-0.15, -0.1) is 0 Å². The van der Waals surface area contributed by atoms with Crippen LogP contribution < -0.4 is 10.5 Å². The Morgan fingerprint density at radius 1 is 1.23 bits per heavy atom. The van der Waals surface area contributed by atoms with Crippen LogP contribution >= 0.6 is 0 Å². The summed E-state index contributed by atoms with van der Waals surface area (Å²) in [6, 6.07) is 12.3. The summed E-state index contributed by atoms with van der Waals surface area (Å²) in [6.45, 7) is -2.54. The van der Waals surface area contributed by atoms with Crippen molar-refractivity contribution >= 4 is 11.9 Å². The van der Waals surface area contributed by atoms with Crippen molar-refractivity contribution in [3.63, 3.8) is 0 Å². The minimum Gasteiger partial charge on any atom is -0.435 e. The molecule has 2 aromatic rings. The number of ether oxygens (including phenoxy) is 2. The van der Waals surface area contributed by atoms with E-state index in [-0.39, 0.29) is 23.5 Å². The number of nitrogens with zero attached hydrogens (tertiary/aromatic N) is 2. The van der Waals surface area contributed by atoms with Crippen LogP contribution in [0.15, 0.2) is 47.5 Å². The average Bonchev–Trinajstić information content (AvgIpc) is 3.53. The van der Waals surface area contributed by atoms with Gasteiger partial charge in [0.15, 0.2) is 11.5 Å². The number of methoxy groups -OCH3 is 1. The Labute approximate surface area is 173 Å². The highest BCUT2D eigenvalue weighted by Gasteiger charge is 2.50. The Bertz CT molecular complexity index is 1010. The number of halogens is 2. The van der Waals surface area contributed by atoms with Crippen molar-refractivity contribution in [1.82, 2.24) is 4.90 Å². The fourth-order valence-corrected chi connectivity index (χ4v) is 3.93. The molecule has 4 rings (SSSR count). The quantitative estimate of drug-likeness (QED) is 0.753. The predicted octanol–water partition coefficient (Wildman–Crippen LogP) is 3.34. The molecule has 0 radical (unpaired) electrons. The van der Waals surface area contributed by atoms with Crippen LogP contribution in [0.2, 0.25) is 0 Å². The number of benzene rings is 2. The van der Waals surface area contributed by atoms with Gasteiger partial charge in [0.05, 0.1) is 6.61 Å². The summed E-state index contributed by atoms with van der Waals surface area (Å²) in [5, 5.41) is 0. The second kappa shape index (κ2) is 7.68. The van der Waals surface area contributed by atoms with Gasteiger partial charge in [-0.25, -0.2) is 4.99 Å². The number of likely N-dealkylation sites (N-methyl/N-ethyl adjacent to an activating group) is 1. The third-order valence-electron chi connectivity index (χ3n) is 5.56. The molecule has 1 fully saturated rings. The maximum Gasteiger partial charge on any atom is 0.387 e. The Morgan fingerprint density at radius 3 is 2.57 bits per heavy atom. The Balaban J connectivity index is 1.89. The lowest BCUT2D eigenvalue weighted by Crippen LogP contribution is -2.41. The second-order valence-electron chi connectivity index (χ2n) is 7.58. The first-order chi connectivity index (χ1) is 14.4. The number of rotatable bonds is 7. The number of guanidine groups is 1. The topological polar surface area (TPSA) is 77.2 Å². The molecule has 2 aliphatic rings. The van der Waals surface area contributed by atoms with Crippen molar-refractivity contribution in [2.45, 2.75) is 37.5 Å². The van der Waals surface area contributed by atoms with Crippen molar-refractivity contribution in [3.05, 3.63) is 64.7 Å². The van der Waals surface area contributed by atoms with E-state index in [1.165, 1.54) is 11.0 Å². The van der Waals surface area contributed by atoms with Crippen molar-refractivity contribution in [3.8, 4) is 5.75 Å². The van der Waals surface area contributed by atoms with Gasteiger partial charge in [0.2, 0.25) is 0 Å². The third-order valence-corrected chi connectivity index (χ3v) is 5.56. The van der Waals surface area contributed by atoms with E-state index in [1.54, 1.807) is 26.3 Å². The van der Waals surface area contributed by atoms with Gasteiger partial charge in [-0.2, -0.15) is 8.78 Å². The van der Waals surface area contributed by atoms with Gasteiger partial charge >= 0.3 is 6.61 Å². The zero-order chi connectivity index (χ0) is 21.5. The number of hydrogen-bond donors (Lipinski definition) is 1. The summed E-state index contributed by atoms with van der Waals surface area (Å²) in [4.78, 5) is 19.3.